The van der Waals surface area contributed by atoms with E-state index in [2.05, 4.69) is 22.5 Å². The molecule has 0 aliphatic heterocycles. The Bertz CT molecular complexity index is 560. The Hall–Kier alpha value is -2.05. The highest BCUT2D eigenvalue weighted by molar-refractivity contribution is 5.85. The van der Waals surface area contributed by atoms with Crippen molar-refractivity contribution < 1.29 is 0 Å². The Morgan fingerprint density at radius 3 is 3.06 bits per heavy atom. The van der Waals surface area contributed by atoms with Crippen LogP contribution in [0.5, 0.6) is 0 Å². The molecular weight excluding hydrogens is 210 g/mol. The SMILES string of the molecule is C=CCNCCn1ccc2c(C#N)cccc21. The lowest BCUT2D eigenvalue weighted by Gasteiger charge is -2.06. The summed E-state index contributed by atoms with van der Waals surface area (Å²) in [6, 6.07) is 10.0. The fraction of sp³-hybridized carbons (Fsp3) is 0.214. The summed E-state index contributed by atoms with van der Waals surface area (Å²) in [5.41, 5.74) is 1.85. The summed E-state index contributed by atoms with van der Waals surface area (Å²) in [7, 11) is 0. The molecule has 1 aromatic heterocycles. The van der Waals surface area contributed by atoms with Crippen molar-refractivity contribution in [3.05, 3.63) is 48.7 Å². The summed E-state index contributed by atoms with van der Waals surface area (Å²) in [4.78, 5) is 0. The van der Waals surface area contributed by atoms with E-state index < -0.39 is 0 Å². The molecular formula is C14H15N3. The lowest BCUT2D eigenvalue weighted by molar-refractivity contribution is 0.641. The van der Waals surface area contributed by atoms with Gasteiger partial charge < -0.3 is 9.88 Å². The Morgan fingerprint density at radius 2 is 2.29 bits per heavy atom. The van der Waals surface area contributed by atoms with Crippen LogP contribution in [0.2, 0.25) is 0 Å². The molecule has 0 saturated heterocycles. The van der Waals surface area contributed by atoms with Gasteiger partial charge in [0.05, 0.1) is 11.6 Å². The number of nitrogens with one attached hydrogen (secondary N) is 1. The quantitative estimate of drug-likeness (QED) is 0.626. The number of fused-ring (bicyclic) bond motifs is 1. The molecule has 0 fully saturated rings. The molecule has 2 aromatic rings. The third-order valence-corrected chi connectivity index (χ3v) is 2.75. The monoisotopic (exact) mass is 225 g/mol. The third-order valence-electron chi connectivity index (χ3n) is 2.75. The van der Waals surface area contributed by atoms with Gasteiger partial charge >= 0.3 is 0 Å². The number of hydrogen-bond acceptors (Lipinski definition) is 2. The van der Waals surface area contributed by atoms with Crippen LogP contribution in [0.4, 0.5) is 0 Å². The number of nitrogens with zero attached hydrogens (tertiary/aromatic N) is 2. The predicted octanol–water partition coefficient (Wildman–Crippen LogP) is 2.29. The second-order valence-corrected chi connectivity index (χ2v) is 3.85. The van der Waals surface area contributed by atoms with E-state index in [4.69, 9.17) is 5.26 Å². The van der Waals surface area contributed by atoms with E-state index in [-0.39, 0.29) is 0 Å². The maximum absolute atomic E-state index is 9.01. The summed E-state index contributed by atoms with van der Waals surface area (Å²) < 4.78 is 2.16. The number of rotatable bonds is 5. The maximum Gasteiger partial charge on any atom is 0.0998 e. The second-order valence-electron chi connectivity index (χ2n) is 3.85. The Kier molecular flexibility index (Phi) is 3.59. The molecule has 3 nitrogen and oxygen atoms in total. The van der Waals surface area contributed by atoms with Crippen LogP contribution in [-0.4, -0.2) is 17.7 Å². The van der Waals surface area contributed by atoms with Gasteiger partial charge in [-0.1, -0.05) is 12.1 Å². The van der Waals surface area contributed by atoms with Gasteiger partial charge in [0.15, 0.2) is 0 Å². The second kappa shape index (κ2) is 5.33. The zero-order valence-corrected chi connectivity index (χ0v) is 9.69. The molecule has 3 heteroatoms. The van der Waals surface area contributed by atoms with Crippen LogP contribution >= 0.6 is 0 Å². The van der Waals surface area contributed by atoms with Crippen LogP contribution in [0, 0.1) is 11.3 Å². The minimum absolute atomic E-state index is 0.736. The van der Waals surface area contributed by atoms with Crippen molar-refractivity contribution in [2.45, 2.75) is 6.54 Å². The van der Waals surface area contributed by atoms with Gasteiger partial charge in [0.25, 0.3) is 0 Å². The van der Waals surface area contributed by atoms with Crippen LogP contribution in [0.3, 0.4) is 0 Å². The molecule has 0 atom stereocenters. The van der Waals surface area contributed by atoms with Crippen molar-refractivity contribution >= 4 is 10.9 Å². The van der Waals surface area contributed by atoms with Crippen molar-refractivity contribution in [2.75, 3.05) is 13.1 Å². The summed E-state index contributed by atoms with van der Waals surface area (Å²) in [6.45, 7) is 6.28. The highest BCUT2D eigenvalue weighted by atomic mass is 15.0. The third kappa shape index (κ3) is 2.38. The first-order chi connectivity index (χ1) is 8.36. The highest BCUT2D eigenvalue weighted by Gasteiger charge is 2.04. The first-order valence-corrected chi connectivity index (χ1v) is 5.66. The van der Waals surface area contributed by atoms with E-state index in [0.717, 1.165) is 36.1 Å². The van der Waals surface area contributed by atoms with Crippen LogP contribution < -0.4 is 5.32 Å². The zero-order valence-electron chi connectivity index (χ0n) is 9.69. The van der Waals surface area contributed by atoms with Crippen LogP contribution in [0.25, 0.3) is 10.9 Å². The Morgan fingerprint density at radius 1 is 1.41 bits per heavy atom. The zero-order chi connectivity index (χ0) is 12.1. The number of nitriles is 1. The van der Waals surface area contributed by atoms with Crippen molar-refractivity contribution in [3.63, 3.8) is 0 Å². The van der Waals surface area contributed by atoms with Gasteiger partial charge in [-0.2, -0.15) is 5.26 Å². The minimum atomic E-state index is 0.736. The summed E-state index contributed by atoms with van der Waals surface area (Å²) >= 11 is 0. The fourth-order valence-corrected chi connectivity index (χ4v) is 1.92. The van der Waals surface area contributed by atoms with Gasteiger partial charge in [0.2, 0.25) is 0 Å². The van der Waals surface area contributed by atoms with Gasteiger partial charge in [0.1, 0.15) is 0 Å². The molecule has 0 spiro atoms. The number of aromatic nitrogens is 1. The Balaban J connectivity index is 2.19. The smallest absolute Gasteiger partial charge is 0.0998 e. The standard InChI is InChI=1S/C14H15N3/c1-2-7-16-8-10-17-9-6-13-12(11-15)4-3-5-14(13)17/h2-6,9,16H,1,7-8,10H2. The predicted molar refractivity (Wildman–Crippen MR) is 69.7 cm³/mol. The summed E-state index contributed by atoms with van der Waals surface area (Å²) in [6.07, 6.45) is 3.88. The van der Waals surface area contributed by atoms with Gasteiger partial charge in [-0.25, -0.2) is 0 Å². The Labute approximate surface area is 101 Å². The first-order valence-electron chi connectivity index (χ1n) is 5.66. The van der Waals surface area contributed by atoms with Gasteiger partial charge in [-0.05, 0) is 18.2 Å². The topological polar surface area (TPSA) is 40.8 Å². The molecule has 2 rings (SSSR count). The maximum atomic E-state index is 9.01. The summed E-state index contributed by atoms with van der Waals surface area (Å²) in [5, 5.41) is 13.3. The molecule has 0 aliphatic carbocycles. The molecule has 0 radical (unpaired) electrons. The average molecular weight is 225 g/mol. The van der Waals surface area contributed by atoms with Crippen molar-refractivity contribution in [1.29, 1.82) is 5.26 Å². The van der Waals surface area contributed by atoms with E-state index in [1.807, 2.05) is 36.5 Å². The van der Waals surface area contributed by atoms with Gasteiger partial charge in [0, 0.05) is 36.7 Å². The summed E-state index contributed by atoms with van der Waals surface area (Å²) in [5.74, 6) is 0. The molecule has 1 heterocycles. The molecule has 0 unspecified atom stereocenters. The number of benzene rings is 1. The van der Waals surface area contributed by atoms with Crippen LogP contribution in [-0.2, 0) is 6.54 Å². The van der Waals surface area contributed by atoms with Crippen molar-refractivity contribution in [1.82, 2.24) is 9.88 Å². The minimum Gasteiger partial charge on any atom is -0.346 e. The molecule has 0 amide bonds. The largest absolute Gasteiger partial charge is 0.346 e. The van der Waals surface area contributed by atoms with Crippen molar-refractivity contribution in [2.24, 2.45) is 0 Å². The molecule has 0 aliphatic rings. The van der Waals surface area contributed by atoms with E-state index in [9.17, 15) is 0 Å². The first kappa shape index (κ1) is 11.4. The van der Waals surface area contributed by atoms with Crippen LogP contribution in [0.15, 0.2) is 43.1 Å². The van der Waals surface area contributed by atoms with E-state index in [1.54, 1.807) is 0 Å². The fourth-order valence-electron chi connectivity index (χ4n) is 1.92. The highest BCUT2D eigenvalue weighted by Crippen LogP contribution is 2.19. The normalized spacial score (nSPS) is 10.3. The molecule has 0 bridgehead atoms. The molecule has 17 heavy (non-hydrogen) atoms. The van der Waals surface area contributed by atoms with E-state index >= 15 is 0 Å². The van der Waals surface area contributed by atoms with Crippen LogP contribution in [0.1, 0.15) is 5.56 Å². The van der Waals surface area contributed by atoms with Gasteiger partial charge in [-0.15, -0.1) is 6.58 Å². The number of hydrogen-bond donors (Lipinski definition) is 1. The lowest BCUT2D eigenvalue weighted by Crippen LogP contribution is -2.19. The average Bonchev–Trinajstić information content (AvgIpc) is 2.78. The lowest BCUT2D eigenvalue weighted by atomic mass is 10.1. The van der Waals surface area contributed by atoms with E-state index in [1.165, 1.54) is 0 Å². The molecule has 86 valence electrons. The van der Waals surface area contributed by atoms with E-state index in [0.29, 0.717) is 0 Å². The molecule has 0 saturated carbocycles. The molecule has 1 N–H and O–H groups in total. The van der Waals surface area contributed by atoms with Gasteiger partial charge in [-0.3, -0.25) is 0 Å². The van der Waals surface area contributed by atoms with Crippen molar-refractivity contribution in [3.8, 4) is 6.07 Å². The molecule has 1 aromatic carbocycles.